The van der Waals surface area contributed by atoms with E-state index in [9.17, 15) is 9.18 Å². The maximum atomic E-state index is 13.9. The fourth-order valence-corrected chi connectivity index (χ4v) is 6.82. The van der Waals surface area contributed by atoms with E-state index >= 15 is 0 Å². The van der Waals surface area contributed by atoms with Crippen LogP contribution in [0.2, 0.25) is 0 Å². The summed E-state index contributed by atoms with van der Waals surface area (Å²) in [6, 6.07) is 18.1. The third kappa shape index (κ3) is 3.97. The van der Waals surface area contributed by atoms with Crippen LogP contribution in [0, 0.1) is 5.82 Å². The molecule has 0 bridgehead atoms. The molecule has 0 saturated heterocycles. The van der Waals surface area contributed by atoms with E-state index in [2.05, 4.69) is 57.4 Å². The molecule has 184 valence electrons. The van der Waals surface area contributed by atoms with Crippen LogP contribution in [0.3, 0.4) is 0 Å². The molecular formula is C29H29FN4OS. The van der Waals surface area contributed by atoms with Crippen LogP contribution in [0.1, 0.15) is 46.1 Å². The average Bonchev–Trinajstić information content (AvgIpc) is 3.47. The normalized spacial score (nSPS) is 16.5. The molecular weight excluding hydrogens is 471 g/mol. The molecule has 7 heteroatoms. The van der Waals surface area contributed by atoms with Crippen LogP contribution in [-0.4, -0.2) is 29.6 Å². The Labute approximate surface area is 214 Å². The molecule has 0 unspecified atom stereocenters. The van der Waals surface area contributed by atoms with Gasteiger partial charge in [-0.2, -0.15) is 0 Å². The van der Waals surface area contributed by atoms with Gasteiger partial charge in [0.25, 0.3) is 0 Å². The molecule has 5 nitrogen and oxygen atoms in total. The second kappa shape index (κ2) is 9.13. The van der Waals surface area contributed by atoms with Gasteiger partial charge in [-0.3, -0.25) is 0 Å². The summed E-state index contributed by atoms with van der Waals surface area (Å²) in [5.74, 6) is -0.325. The average molecular weight is 501 g/mol. The highest BCUT2D eigenvalue weighted by Crippen LogP contribution is 2.44. The number of hydrogen-bond donors (Lipinski definition) is 1. The summed E-state index contributed by atoms with van der Waals surface area (Å²) < 4.78 is 15.8. The highest BCUT2D eigenvalue weighted by atomic mass is 32.1. The third-order valence-electron chi connectivity index (χ3n) is 7.26. The molecule has 36 heavy (non-hydrogen) atoms. The first kappa shape index (κ1) is 22.9. The van der Waals surface area contributed by atoms with Gasteiger partial charge >= 0.3 is 6.03 Å². The summed E-state index contributed by atoms with van der Waals surface area (Å²) in [5, 5.41) is 4.26. The number of aryl methyl sites for hydroxylation is 1. The van der Waals surface area contributed by atoms with E-state index in [-0.39, 0.29) is 17.9 Å². The highest BCUT2D eigenvalue weighted by Gasteiger charge is 2.36. The summed E-state index contributed by atoms with van der Waals surface area (Å²) in [6.45, 7) is 0.524. The predicted molar refractivity (Wildman–Crippen MR) is 144 cm³/mol. The predicted octanol–water partition coefficient (Wildman–Crippen LogP) is 6.76. The molecule has 1 aliphatic carbocycles. The zero-order valence-corrected chi connectivity index (χ0v) is 21.3. The van der Waals surface area contributed by atoms with Crippen LogP contribution in [-0.2, 0) is 19.4 Å². The van der Waals surface area contributed by atoms with Crippen LogP contribution in [0.25, 0.3) is 5.00 Å². The van der Waals surface area contributed by atoms with E-state index < -0.39 is 0 Å². The van der Waals surface area contributed by atoms with Crippen molar-refractivity contribution in [1.29, 1.82) is 0 Å². The zero-order valence-electron chi connectivity index (χ0n) is 20.5. The van der Waals surface area contributed by atoms with Crippen molar-refractivity contribution in [2.75, 3.05) is 24.3 Å². The summed E-state index contributed by atoms with van der Waals surface area (Å²) >= 11 is 1.88. The monoisotopic (exact) mass is 500 g/mol. The first-order chi connectivity index (χ1) is 17.5. The lowest BCUT2D eigenvalue weighted by Gasteiger charge is -2.31. The molecule has 2 amide bonds. The van der Waals surface area contributed by atoms with Crippen LogP contribution >= 0.6 is 11.3 Å². The standard InChI is InChI=1S/C29H29FN4OS/c1-32(2)22-15-9-19(10-16-22)27-25-7-5-17-33(25)28-24(23-6-3-4-8-26(23)36-28)18-34(27)29(35)31-21-13-11-20(30)12-14-21/h5,7,9-17,27H,3-4,6,8,18H2,1-2H3,(H,31,35)/t27-/m0/s1. The number of anilines is 2. The number of halogens is 1. The van der Waals surface area contributed by atoms with Crippen LogP contribution < -0.4 is 10.2 Å². The fourth-order valence-electron chi connectivity index (χ4n) is 5.42. The SMILES string of the molecule is CN(C)c1ccc([C@H]2c3cccn3-c3sc4c(c3CN2C(=O)Nc2ccc(F)cc2)CCCC4)cc1. The van der Waals surface area contributed by atoms with Crippen molar-refractivity contribution in [3.8, 4) is 5.00 Å². The van der Waals surface area contributed by atoms with Gasteiger partial charge in [0.05, 0.1) is 18.3 Å². The summed E-state index contributed by atoms with van der Waals surface area (Å²) in [7, 11) is 4.05. The lowest BCUT2D eigenvalue weighted by molar-refractivity contribution is 0.194. The molecule has 0 fully saturated rings. The van der Waals surface area contributed by atoms with E-state index in [1.807, 2.05) is 30.3 Å². The summed E-state index contributed by atoms with van der Waals surface area (Å²) in [5.41, 5.74) is 6.49. The number of rotatable bonds is 3. The zero-order chi connectivity index (χ0) is 24.8. The fraction of sp³-hybridized carbons (Fsp3) is 0.276. The summed E-state index contributed by atoms with van der Waals surface area (Å²) in [4.78, 5) is 19.4. The van der Waals surface area contributed by atoms with Gasteiger partial charge in [0, 0.05) is 42.1 Å². The van der Waals surface area contributed by atoms with Crippen molar-refractivity contribution in [1.82, 2.24) is 9.47 Å². The number of urea groups is 1. The van der Waals surface area contributed by atoms with Gasteiger partial charge in [-0.15, -0.1) is 11.3 Å². The lowest BCUT2D eigenvalue weighted by atomic mass is 9.95. The Kier molecular flexibility index (Phi) is 5.80. The number of hydrogen-bond acceptors (Lipinski definition) is 3. The van der Waals surface area contributed by atoms with Crippen molar-refractivity contribution in [2.45, 2.75) is 38.3 Å². The van der Waals surface area contributed by atoms with E-state index in [1.165, 1.54) is 46.0 Å². The lowest BCUT2D eigenvalue weighted by Crippen LogP contribution is -2.38. The molecule has 6 rings (SSSR count). The van der Waals surface area contributed by atoms with E-state index in [0.29, 0.717) is 12.2 Å². The van der Waals surface area contributed by atoms with Gasteiger partial charge in [0.2, 0.25) is 0 Å². The van der Waals surface area contributed by atoms with Crippen molar-refractivity contribution in [2.24, 2.45) is 0 Å². The first-order valence-corrected chi connectivity index (χ1v) is 13.2. The number of amides is 2. The van der Waals surface area contributed by atoms with Crippen molar-refractivity contribution < 1.29 is 9.18 Å². The second-order valence-electron chi connectivity index (χ2n) is 9.75. The van der Waals surface area contributed by atoms with Crippen LogP contribution in [0.15, 0.2) is 66.9 Å². The van der Waals surface area contributed by atoms with Gasteiger partial charge in [-0.05, 0) is 85.3 Å². The molecule has 1 atom stereocenters. The second-order valence-corrected chi connectivity index (χ2v) is 10.8. The number of nitrogens with zero attached hydrogens (tertiary/aromatic N) is 3. The molecule has 2 aromatic carbocycles. The minimum atomic E-state index is -0.325. The number of aromatic nitrogens is 1. The minimum absolute atomic E-state index is 0.195. The van der Waals surface area contributed by atoms with Gasteiger partial charge in [0.15, 0.2) is 0 Å². The molecule has 0 saturated carbocycles. The quantitative estimate of drug-likeness (QED) is 0.338. The number of nitrogens with one attached hydrogen (secondary N) is 1. The van der Waals surface area contributed by atoms with E-state index in [4.69, 9.17) is 0 Å². The Morgan fingerprint density at radius 2 is 1.75 bits per heavy atom. The molecule has 4 aromatic rings. The van der Waals surface area contributed by atoms with Crippen molar-refractivity contribution >= 4 is 28.7 Å². The van der Waals surface area contributed by atoms with E-state index in [0.717, 1.165) is 29.8 Å². The first-order valence-electron chi connectivity index (χ1n) is 12.4. The Balaban J connectivity index is 1.48. The molecule has 2 aromatic heterocycles. The molecule has 2 aliphatic rings. The van der Waals surface area contributed by atoms with Crippen molar-refractivity contribution in [3.05, 3.63) is 99.9 Å². The Morgan fingerprint density at radius 3 is 2.50 bits per heavy atom. The van der Waals surface area contributed by atoms with Gasteiger partial charge in [-0.1, -0.05) is 12.1 Å². The molecule has 3 heterocycles. The summed E-state index contributed by atoms with van der Waals surface area (Å²) in [6.07, 6.45) is 6.71. The smallest absolute Gasteiger partial charge is 0.322 e. The number of fused-ring (bicyclic) bond motifs is 5. The Morgan fingerprint density at radius 1 is 1.00 bits per heavy atom. The van der Waals surface area contributed by atoms with Crippen LogP contribution in [0.5, 0.6) is 0 Å². The van der Waals surface area contributed by atoms with Gasteiger partial charge < -0.3 is 19.7 Å². The Hall–Kier alpha value is -3.58. The van der Waals surface area contributed by atoms with E-state index in [1.54, 1.807) is 12.1 Å². The molecule has 0 radical (unpaired) electrons. The molecule has 0 spiro atoms. The maximum absolute atomic E-state index is 13.9. The molecule has 1 N–H and O–H groups in total. The maximum Gasteiger partial charge on any atom is 0.322 e. The van der Waals surface area contributed by atoms with Gasteiger partial charge in [-0.25, -0.2) is 9.18 Å². The Bertz CT molecular complexity index is 1400. The largest absolute Gasteiger partial charge is 0.378 e. The van der Waals surface area contributed by atoms with Crippen molar-refractivity contribution in [3.63, 3.8) is 0 Å². The van der Waals surface area contributed by atoms with Gasteiger partial charge in [0.1, 0.15) is 10.8 Å². The highest BCUT2D eigenvalue weighted by molar-refractivity contribution is 7.15. The minimum Gasteiger partial charge on any atom is -0.378 e. The number of thiophene rings is 1. The number of carbonyl (C=O) groups excluding carboxylic acids is 1. The molecule has 1 aliphatic heterocycles. The van der Waals surface area contributed by atoms with Crippen LogP contribution in [0.4, 0.5) is 20.6 Å². The third-order valence-corrected chi connectivity index (χ3v) is 8.59. The number of carbonyl (C=O) groups is 1. The number of benzene rings is 2. The topological polar surface area (TPSA) is 40.5 Å².